The topological polar surface area (TPSA) is 58.1 Å². The van der Waals surface area contributed by atoms with Gasteiger partial charge in [-0.1, -0.05) is 24.3 Å². The van der Waals surface area contributed by atoms with Crippen LogP contribution in [0.3, 0.4) is 0 Å². The van der Waals surface area contributed by atoms with E-state index < -0.39 is 0 Å². The van der Waals surface area contributed by atoms with Gasteiger partial charge in [0.05, 0.1) is 22.5 Å². The number of hydrogen-bond acceptors (Lipinski definition) is 4. The fourth-order valence-electron chi connectivity index (χ4n) is 3.71. The number of carbonyl (C=O) groups excluding carboxylic acids is 1. The van der Waals surface area contributed by atoms with Crippen molar-refractivity contribution < 1.29 is 4.79 Å². The third kappa shape index (κ3) is 3.98. The molecule has 0 bridgehead atoms. The minimum atomic E-state index is -0.0579. The zero-order valence-corrected chi connectivity index (χ0v) is 15.6. The number of fused-ring (bicyclic) bond motifs is 1. The van der Waals surface area contributed by atoms with Gasteiger partial charge in [0.2, 0.25) is 0 Å². The molecule has 1 aliphatic heterocycles. The smallest absolute Gasteiger partial charge is 0.252 e. The van der Waals surface area contributed by atoms with E-state index in [0.717, 1.165) is 36.2 Å². The molecule has 3 aromatic rings. The summed E-state index contributed by atoms with van der Waals surface area (Å²) in [7, 11) is 0. The second kappa shape index (κ2) is 7.84. The number of rotatable bonds is 5. The molecule has 2 aromatic heterocycles. The Kier molecular flexibility index (Phi) is 5.12. The first kappa shape index (κ1) is 17.6. The van der Waals surface area contributed by atoms with Gasteiger partial charge < -0.3 is 10.2 Å². The lowest BCUT2D eigenvalue weighted by Crippen LogP contribution is -2.41. The fraction of sp³-hybridized carbons (Fsp3) is 0.318. The molecular formula is C22H24N4O. The number of aromatic nitrogens is 2. The Bertz CT molecular complexity index is 935. The maximum Gasteiger partial charge on any atom is 0.252 e. The summed E-state index contributed by atoms with van der Waals surface area (Å²) >= 11 is 0. The highest BCUT2D eigenvalue weighted by molar-refractivity contribution is 6.07. The third-order valence-electron chi connectivity index (χ3n) is 5.00. The highest BCUT2D eigenvalue weighted by Gasteiger charge is 2.19. The minimum Gasteiger partial charge on any atom is -0.348 e. The molecule has 1 aromatic carbocycles. The fourth-order valence-corrected chi connectivity index (χ4v) is 3.71. The molecule has 1 N–H and O–H groups in total. The summed E-state index contributed by atoms with van der Waals surface area (Å²) in [6.45, 7) is 5.21. The van der Waals surface area contributed by atoms with Gasteiger partial charge in [-0.15, -0.1) is 0 Å². The van der Waals surface area contributed by atoms with Crippen LogP contribution < -0.4 is 5.32 Å². The summed E-state index contributed by atoms with van der Waals surface area (Å²) in [6, 6.07) is 15.4. The lowest BCUT2D eigenvalue weighted by Gasteiger charge is -2.21. The van der Waals surface area contributed by atoms with Gasteiger partial charge >= 0.3 is 0 Å². The molecule has 138 valence electrons. The van der Waals surface area contributed by atoms with Crippen LogP contribution in [0.25, 0.3) is 22.3 Å². The molecule has 3 heterocycles. The van der Waals surface area contributed by atoms with Crippen molar-refractivity contribution in [3.8, 4) is 11.4 Å². The Hall–Kier alpha value is -2.79. The normalized spacial score (nSPS) is 15.7. The largest absolute Gasteiger partial charge is 0.348 e. The molecule has 27 heavy (non-hydrogen) atoms. The van der Waals surface area contributed by atoms with Crippen molar-refractivity contribution in [2.75, 3.05) is 19.6 Å². The van der Waals surface area contributed by atoms with E-state index in [-0.39, 0.29) is 11.9 Å². The van der Waals surface area contributed by atoms with Gasteiger partial charge in [0, 0.05) is 24.2 Å². The number of nitrogens with one attached hydrogen (secondary N) is 1. The Morgan fingerprint density at radius 2 is 1.89 bits per heavy atom. The van der Waals surface area contributed by atoms with Crippen LogP contribution in [0.1, 0.15) is 30.1 Å². The summed E-state index contributed by atoms with van der Waals surface area (Å²) in [5, 5.41) is 4.03. The molecule has 1 amide bonds. The van der Waals surface area contributed by atoms with Gasteiger partial charge in [0.25, 0.3) is 5.91 Å². The Balaban J connectivity index is 1.64. The second-order valence-electron chi connectivity index (χ2n) is 7.17. The number of carbonyl (C=O) groups is 1. The molecule has 1 aliphatic rings. The standard InChI is InChI=1S/C22H24N4O/c1-16(15-26-12-6-7-13-26)24-22(27)18-14-21(20-10-4-5-11-23-20)25-19-9-3-2-8-17(18)19/h2-5,8-11,14,16H,6-7,12-13,15H2,1H3,(H,24,27)/t16-/m1/s1. The number of likely N-dealkylation sites (tertiary alicyclic amines) is 1. The number of para-hydroxylation sites is 1. The summed E-state index contributed by atoms with van der Waals surface area (Å²) in [6.07, 6.45) is 4.25. The summed E-state index contributed by atoms with van der Waals surface area (Å²) < 4.78 is 0. The molecule has 0 spiro atoms. The van der Waals surface area contributed by atoms with Gasteiger partial charge in [0.15, 0.2) is 0 Å². The molecule has 1 fully saturated rings. The van der Waals surface area contributed by atoms with Gasteiger partial charge in [-0.3, -0.25) is 9.78 Å². The Morgan fingerprint density at radius 1 is 1.11 bits per heavy atom. The lowest BCUT2D eigenvalue weighted by molar-refractivity contribution is 0.0933. The predicted molar refractivity (Wildman–Crippen MR) is 108 cm³/mol. The van der Waals surface area contributed by atoms with Crippen LogP contribution in [0, 0.1) is 0 Å². The van der Waals surface area contributed by atoms with E-state index in [1.54, 1.807) is 6.20 Å². The van der Waals surface area contributed by atoms with E-state index in [0.29, 0.717) is 11.3 Å². The van der Waals surface area contributed by atoms with E-state index in [1.165, 1.54) is 12.8 Å². The zero-order chi connectivity index (χ0) is 18.6. The van der Waals surface area contributed by atoms with Crippen molar-refractivity contribution in [1.82, 2.24) is 20.2 Å². The molecule has 5 nitrogen and oxygen atoms in total. The molecule has 0 saturated carbocycles. The van der Waals surface area contributed by atoms with Gasteiger partial charge in [0.1, 0.15) is 0 Å². The van der Waals surface area contributed by atoms with Crippen LogP contribution in [0.15, 0.2) is 54.7 Å². The van der Waals surface area contributed by atoms with Crippen molar-refractivity contribution in [1.29, 1.82) is 0 Å². The van der Waals surface area contributed by atoms with E-state index in [2.05, 4.69) is 22.1 Å². The van der Waals surface area contributed by atoms with Crippen LogP contribution in [-0.2, 0) is 0 Å². The second-order valence-corrected chi connectivity index (χ2v) is 7.17. The number of amides is 1. The molecule has 0 radical (unpaired) electrons. The average Bonchev–Trinajstić information content (AvgIpc) is 3.20. The Labute approximate surface area is 159 Å². The summed E-state index contributed by atoms with van der Waals surface area (Å²) in [4.78, 5) is 24.5. The van der Waals surface area contributed by atoms with Crippen LogP contribution in [0.2, 0.25) is 0 Å². The summed E-state index contributed by atoms with van der Waals surface area (Å²) in [5.41, 5.74) is 2.93. The summed E-state index contributed by atoms with van der Waals surface area (Å²) in [5.74, 6) is -0.0579. The van der Waals surface area contributed by atoms with E-state index in [4.69, 9.17) is 4.98 Å². The first-order valence-electron chi connectivity index (χ1n) is 9.55. The van der Waals surface area contributed by atoms with Crippen LogP contribution >= 0.6 is 0 Å². The highest BCUT2D eigenvalue weighted by atomic mass is 16.1. The van der Waals surface area contributed by atoms with Crippen LogP contribution in [0.4, 0.5) is 0 Å². The van der Waals surface area contributed by atoms with E-state index in [9.17, 15) is 4.79 Å². The van der Waals surface area contributed by atoms with Crippen molar-refractivity contribution in [3.63, 3.8) is 0 Å². The number of benzene rings is 1. The molecule has 5 heteroatoms. The predicted octanol–water partition coefficient (Wildman–Crippen LogP) is 3.51. The van der Waals surface area contributed by atoms with E-state index >= 15 is 0 Å². The lowest BCUT2D eigenvalue weighted by atomic mass is 10.1. The quantitative estimate of drug-likeness (QED) is 0.756. The van der Waals surface area contributed by atoms with Crippen molar-refractivity contribution in [2.45, 2.75) is 25.8 Å². The first-order chi connectivity index (χ1) is 13.2. The van der Waals surface area contributed by atoms with Gasteiger partial charge in [-0.2, -0.15) is 0 Å². The van der Waals surface area contributed by atoms with Gasteiger partial charge in [-0.05, 0) is 57.1 Å². The molecular weight excluding hydrogens is 336 g/mol. The maximum absolute atomic E-state index is 13.0. The number of hydrogen-bond donors (Lipinski definition) is 1. The average molecular weight is 360 g/mol. The first-order valence-corrected chi connectivity index (χ1v) is 9.55. The number of nitrogens with zero attached hydrogens (tertiary/aromatic N) is 3. The molecule has 0 aliphatic carbocycles. The van der Waals surface area contributed by atoms with Gasteiger partial charge in [-0.25, -0.2) is 4.98 Å². The highest BCUT2D eigenvalue weighted by Crippen LogP contribution is 2.23. The zero-order valence-electron chi connectivity index (χ0n) is 15.6. The van der Waals surface area contributed by atoms with Crippen LogP contribution in [-0.4, -0.2) is 46.5 Å². The monoisotopic (exact) mass is 360 g/mol. The minimum absolute atomic E-state index is 0.0579. The van der Waals surface area contributed by atoms with Crippen molar-refractivity contribution in [3.05, 3.63) is 60.3 Å². The van der Waals surface area contributed by atoms with Crippen molar-refractivity contribution >= 4 is 16.8 Å². The third-order valence-corrected chi connectivity index (χ3v) is 5.00. The van der Waals surface area contributed by atoms with Crippen molar-refractivity contribution in [2.24, 2.45) is 0 Å². The molecule has 1 saturated heterocycles. The number of pyridine rings is 2. The van der Waals surface area contributed by atoms with E-state index in [1.807, 2.05) is 48.5 Å². The molecule has 1 atom stereocenters. The SMILES string of the molecule is C[C@H](CN1CCCC1)NC(=O)c1cc(-c2ccccn2)nc2ccccc12. The van der Waals surface area contributed by atoms with Crippen LogP contribution in [0.5, 0.6) is 0 Å². The maximum atomic E-state index is 13.0. The Morgan fingerprint density at radius 3 is 2.67 bits per heavy atom. The molecule has 4 rings (SSSR count). The molecule has 0 unspecified atom stereocenters.